The van der Waals surface area contributed by atoms with Crippen LogP contribution in [-0.2, 0) is 0 Å². The number of nitro benzene ring substituents is 1. The zero-order valence-electron chi connectivity index (χ0n) is 16.2. The van der Waals surface area contributed by atoms with Gasteiger partial charge >= 0.3 is 0 Å². The van der Waals surface area contributed by atoms with Crippen molar-refractivity contribution in [3.63, 3.8) is 0 Å². The Kier molecular flexibility index (Phi) is 5.73. The summed E-state index contributed by atoms with van der Waals surface area (Å²) in [4.78, 5) is 22.6. The molecule has 0 aliphatic carbocycles. The molecule has 0 unspecified atom stereocenters. The number of hydrogen-bond acceptors (Lipinski definition) is 5. The van der Waals surface area contributed by atoms with Gasteiger partial charge in [0.1, 0.15) is 5.75 Å². The predicted molar refractivity (Wildman–Crippen MR) is 110 cm³/mol. The second-order valence-corrected chi connectivity index (χ2v) is 6.34. The Bertz CT molecular complexity index is 1090. The molecule has 0 saturated heterocycles. The largest absolute Gasteiger partial charge is 0.494 e. The molecule has 1 amide bonds. The smallest absolute Gasteiger partial charge is 0.273 e. The number of ether oxygens (including phenoxy) is 1. The summed E-state index contributed by atoms with van der Waals surface area (Å²) < 4.78 is 7.28. The number of rotatable bonds is 6. The lowest BCUT2D eigenvalue weighted by atomic mass is 10.2. The molecule has 0 atom stereocenters. The SMILES string of the molecule is COc1cc([N+](=O)[O-])ccc1-n1c(C)cc(/C=N/NC(=O)c2ccccc2)c1C. The van der Waals surface area contributed by atoms with Crippen LogP contribution in [0.4, 0.5) is 5.69 Å². The van der Waals surface area contributed by atoms with Crippen molar-refractivity contribution in [3.8, 4) is 11.4 Å². The van der Waals surface area contributed by atoms with E-state index in [1.54, 1.807) is 36.5 Å². The van der Waals surface area contributed by atoms with Crippen molar-refractivity contribution in [3.05, 3.63) is 87.2 Å². The maximum Gasteiger partial charge on any atom is 0.273 e. The summed E-state index contributed by atoms with van der Waals surface area (Å²) >= 11 is 0. The minimum atomic E-state index is -0.463. The van der Waals surface area contributed by atoms with Crippen LogP contribution < -0.4 is 10.2 Å². The molecule has 8 nitrogen and oxygen atoms in total. The Balaban J connectivity index is 1.87. The van der Waals surface area contributed by atoms with Crippen LogP contribution in [0.1, 0.15) is 27.3 Å². The molecule has 0 radical (unpaired) electrons. The summed E-state index contributed by atoms with van der Waals surface area (Å²) in [5.41, 5.74) is 6.22. The van der Waals surface area contributed by atoms with Gasteiger partial charge in [-0.2, -0.15) is 5.10 Å². The van der Waals surface area contributed by atoms with Crippen molar-refractivity contribution in [1.29, 1.82) is 0 Å². The molecule has 0 fully saturated rings. The lowest BCUT2D eigenvalue weighted by molar-refractivity contribution is -0.384. The van der Waals surface area contributed by atoms with Crippen LogP contribution in [0.5, 0.6) is 5.75 Å². The lowest BCUT2D eigenvalue weighted by Crippen LogP contribution is -2.17. The number of aryl methyl sites for hydroxylation is 1. The number of non-ortho nitro benzene ring substituents is 1. The van der Waals surface area contributed by atoms with Gasteiger partial charge in [0.25, 0.3) is 11.6 Å². The third-order valence-electron chi connectivity index (χ3n) is 4.49. The summed E-state index contributed by atoms with van der Waals surface area (Å²) in [5.74, 6) is 0.0922. The molecule has 8 heteroatoms. The number of amides is 1. The van der Waals surface area contributed by atoms with E-state index in [-0.39, 0.29) is 11.6 Å². The average molecular weight is 392 g/mol. The van der Waals surface area contributed by atoms with E-state index in [0.29, 0.717) is 17.0 Å². The van der Waals surface area contributed by atoms with Gasteiger partial charge in [-0.25, -0.2) is 5.43 Å². The minimum Gasteiger partial charge on any atom is -0.494 e. The molecule has 2 aromatic carbocycles. The summed E-state index contributed by atoms with van der Waals surface area (Å²) in [7, 11) is 1.47. The van der Waals surface area contributed by atoms with Gasteiger partial charge in [0.2, 0.25) is 0 Å². The Labute approximate surface area is 167 Å². The standard InChI is InChI=1S/C21H20N4O4/c1-14-11-17(13-22-23-21(26)16-7-5-4-6-8-16)15(2)24(14)19-10-9-18(25(27)28)12-20(19)29-3/h4-13H,1-3H3,(H,23,26)/b22-13+. The normalized spacial score (nSPS) is 10.9. The van der Waals surface area contributed by atoms with Crippen LogP contribution in [0.3, 0.4) is 0 Å². The second kappa shape index (κ2) is 8.39. The summed E-state index contributed by atoms with van der Waals surface area (Å²) in [5, 5.41) is 15.1. The van der Waals surface area contributed by atoms with Crippen molar-refractivity contribution in [1.82, 2.24) is 9.99 Å². The van der Waals surface area contributed by atoms with Crippen molar-refractivity contribution in [2.24, 2.45) is 5.10 Å². The first-order valence-corrected chi connectivity index (χ1v) is 8.82. The van der Waals surface area contributed by atoms with Crippen molar-refractivity contribution in [2.75, 3.05) is 7.11 Å². The number of nitro groups is 1. The van der Waals surface area contributed by atoms with Crippen LogP contribution in [0, 0.1) is 24.0 Å². The molecule has 3 rings (SSSR count). The molecule has 1 aromatic heterocycles. The topological polar surface area (TPSA) is 98.8 Å². The number of benzene rings is 2. The summed E-state index contributed by atoms with van der Waals surface area (Å²) in [6.07, 6.45) is 1.57. The van der Waals surface area contributed by atoms with E-state index in [9.17, 15) is 14.9 Å². The molecule has 148 valence electrons. The van der Waals surface area contributed by atoms with E-state index in [1.165, 1.54) is 19.2 Å². The Morgan fingerprint density at radius 2 is 1.90 bits per heavy atom. The Morgan fingerprint density at radius 3 is 2.55 bits per heavy atom. The number of nitrogens with zero attached hydrogens (tertiary/aromatic N) is 3. The highest BCUT2D eigenvalue weighted by Gasteiger charge is 2.17. The zero-order chi connectivity index (χ0) is 21.0. The number of carbonyl (C=O) groups excluding carboxylic acids is 1. The number of hydrazone groups is 1. The van der Waals surface area contributed by atoms with Gasteiger partial charge in [-0.1, -0.05) is 18.2 Å². The van der Waals surface area contributed by atoms with Gasteiger partial charge in [-0.3, -0.25) is 14.9 Å². The fourth-order valence-electron chi connectivity index (χ4n) is 3.07. The van der Waals surface area contributed by atoms with E-state index >= 15 is 0 Å². The molecule has 29 heavy (non-hydrogen) atoms. The molecular formula is C21H20N4O4. The first-order chi connectivity index (χ1) is 13.9. The maximum atomic E-state index is 12.1. The molecule has 0 aliphatic rings. The van der Waals surface area contributed by atoms with Crippen molar-refractivity contribution in [2.45, 2.75) is 13.8 Å². The van der Waals surface area contributed by atoms with Gasteiger partial charge in [0, 0.05) is 28.6 Å². The number of aromatic nitrogens is 1. The highest BCUT2D eigenvalue weighted by atomic mass is 16.6. The first kappa shape index (κ1) is 19.8. The van der Waals surface area contributed by atoms with Crippen LogP contribution in [0.15, 0.2) is 59.7 Å². The maximum absolute atomic E-state index is 12.1. The monoisotopic (exact) mass is 392 g/mol. The van der Waals surface area contributed by atoms with Crippen LogP contribution in [0.25, 0.3) is 5.69 Å². The third kappa shape index (κ3) is 4.16. The van der Waals surface area contributed by atoms with E-state index in [1.807, 2.05) is 30.5 Å². The quantitative estimate of drug-likeness (QED) is 0.392. The van der Waals surface area contributed by atoms with E-state index in [2.05, 4.69) is 10.5 Å². The van der Waals surface area contributed by atoms with E-state index in [4.69, 9.17) is 4.74 Å². The number of methoxy groups -OCH3 is 1. The van der Waals surface area contributed by atoms with Gasteiger partial charge in [0.15, 0.2) is 0 Å². The average Bonchev–Trinajstić information content (AvgIpc) is 3.01. The number of carbonyl (C=O) groups is 1. The Morgan fingerprint density at radius 1 is 1.17 bits per heavy atom. The number of nitrogens with one attached hydrogen (secondary N) is 1. The molecule has 3 aromatic rings. The fraction of sp³-hybridized carbons (Fsp3) is 0.143. The first-order valence-electron chi connectivity index (χ1n) is 8.82. The van der Waals surface area contributed by atoms with Gasteiger partial charge in [0.05, 0.1) is 30.0 Å². The molecule has 1 N–H and O–H groups in total. The Hall–Kier alpha value is -3.94. The van der Waals surface area contributed by atoms with Crippen molar-refractivity contribution < 1.29 is 14.5 Å². The van der Waals surface area contributed by atoms with E-state index < -0.39 is 4.92 Å². The highest BCUT2D eigenvalue weighted by Crippen LogP contribution is 2.31. The molecule has 0 bridgehead atoms. The number of hydrogen-bond donors (Lipinski definition) is 1. The summed E-state index contributed by atoms with van der Waals surface area (Å²) in [6.45, 7) is 3.81. The lowest BCUT2D eigenvalue weighted by Gasteiger charge is -2.13. The molecular weight excluding hydrogens is 372 g/mol. The minimum absolute atomic E-state index is 0.0431. The molecule has 0 spiro atoms. The van der Waals surface area contributed by atoms with Crippen LogP contribution in [-0.4, -0.2) is 28.7 Å². The molecule has 1 heterocycles. The van der Waals surface area contributed by atoms with Crippen molar-refractivity contribution >= 4 is 17.8 Å². The molecule has 0 aliphatic heterocycles. The van der Waals surface area contributed by atoms with Crippen LogP contribution >= 0.6 is 0 Å². The van der Waals surface area contributed by atoms with Gasteiger partial charge < -0.3 is 9.30 Å². The highest BCUT2D eigenvalue weighted by molar-refractivity contribution is 5.95. The van der Waals surface area contributed by atoms with E-state index in [0.717, 1.165) is 17.0 Å². The van der Waals surface area contributed by atoms with Crippen LogP contribution in [0.2, 0.25) is 0 Å². The zero-order valence-corrected chi connectivity index (χ0v) is 16.2. The van der Waals surface area contributed by atoms with Gasteiger partial charge in [-0.05, 0) is 38.1 Å². The second-order valence-electron chi connectivity index (χ2n) is 6.34. The third-order valence-corrected chi connectivity index (χ3v) is 4.49. The fourth-order valence-corrected chi connectivity index (χ4v) is 3.07. The molecule has 0 saturated carbocycles. The van der Waals surface area contributed by atoms with Gasteiger partial charge in [-0.15, -0.1) is 0 Å². The predicted octanol–water partition coefficient (Wildman–Crippen LogP) is 3.77. The summed E-state index contributed by atoms with van der Waals surface area (Å²) in [6, 6.07) is 15.2.